The predicted octanol–water partition coefficient (Wildman–Crippen LogP) is 0.951. The Kier molecular flexibility index (Phi) is 5.83. The lowest BCUT2D eigenvalue weighted by atomic mass is 9.89. The number of carboxylic acid groups (broad SMARTS) is 1. The zero-order chi connectivity index (χ0) is 15.9. The fraction of sp³-hybridized carbons (Fsp3) is 0.429. The molecule has 1 rings (SSSR count). The van der Waals surface area contributed by atoms with Gasteiger partial charge in [-0.25, -0.2) is 4.79 Å². The fourth-order valence-corrected chi connectivity index (χ4v) is 1.54. The molecule has 0 radical (unpaired) electrons. The van der Waals surface area contributed by atoms with Crippen molar-refractivity contribution in [3.05, 3.63) is 30.1 Å². The Balaban J connectivity index is 2.30. The molecule has 0 aliphatic heterocycles. The van der Waals surface area contributed by atoms with Crippen LogP contribution in [0.3, 0.4) is 0 Å². The lowest BCUT2D eigenvalue weighted by Crippen LogP contribution is -2.42. The average molecular weight is 293 g/mol. The summed E-state index contributed by atoms with van der Waals surface area (Å²) in [5.41, 5.74) is -0.380. The van der Waals surface area contributed by atoms with Crippen molar-refractivity contribution in [3.8, 4) is 0 Å². The lowest BCUT2D eigenvalue weighted by Gasteiger charge is -2.17. The zero-order valence-electron chi connectivity index (χ0n) is 12.0. The summed E-state index contributed by atoms with van der Waals surface area (Å²) in [7, 11) is 0. The molecule has 0 aromatic carbocycles. The van der Waals surface area contributed by atoms with Crippen LogP contribution in [0.2, 0.25) is 0 Å². The van der Waals surface area contributed by atoms with Crippen LogP contribution in [0.4, 0.5) is 4.79 Å². The first-order chi connectivity index (χ1) is 9.81. The highest BCUT2D eigenvalue weighted by Gasteiger charge is 2.30. The second-order valence-electron chi connectivity index (χ2n) is 5.24. The van der Waals surface area contributed by atoms with Crippen molar-refractivity contribution in [3.63, 3.8) is 0 Å². The summed E-state index contributed by atoms with van der Waals surface area (Å²) < 4.78 is 0. The van der Waals surface area contributed by atoms with Crippen molar-refractivity contribution in [1.82, 2.24) is 15.6 Å². The number of aliphatic carboxylic acids is 1. The van der Waals surface area contributed by atoms with Crippen LogP contribution in [0.1, 0.15) is 26.0 Å². The van der Waals surface area contributed by atoms with E-state index in [1.807, 2.05) is 12.1 Å². The monoisotopic (exact) mass is 293 g/mol. The summed E-state index contributed by atoms with van der Waals surface area (Å²) in [6.45, 7) is 3.18. The Hall–Kier alpha value is -2.44. The van der Waals surface area contributed by atoms with Crippen LogP contribution in [0.25, 0.3) is 0 Å². The van der Waals surface area contributed by atoms with Crippen molar-refractivity contribution >= 4 is 17.9 Å². The molecule has 1 aromatic heterocycles. The number of nitrogens with one attached hydrogen (secondary N) is 2. The van der Waals surface area contributed by atoms with E-state index in [0.717, 1.165) is 5.69 Å². The minimum absolute atomic E-state index is 0.268. The van der Waals surface area contributed by atoms with Crippen LogP contribution in [0, 0.1) is 5.41 Å². The van der Waals surface area contributed by atoms with Crippen LogP contribution >= 0.6 is 0 Å². The lowest BCUT2D eigenvalue weighted by molar-refractivity contribution is -0.149. The van der Waals surface area contributed by atoms with Gasteiger partial charge in [-0.3, -0.25) is 19.9 Å². The summed E-state index contributed by atoms with van der Waals surface area (Å²) in [5.74, 6) is -1.72. The van der Waals surface area contributed by atoms with Crippen molar-refractivity contribution in [2.75, 3.05) is 6.54 Å². The number of hydrogen-bond acceptors (Lipinski definition) is 4. The first kappa shape index (κ1) is 16.6. The van der Waals surface area contributed by atoms with Crippen LogP contribution in [-0.4, -0.2) is 34.5 Å². The van der Waals surface area contributed by atoms with E-state index < -0.39 is 23.3 Å². The second kappa shape index (κ2) is 7.37. The Morgan fingerprint density at radius 1 is 1.29 bits per heavy atom. The van der Waals surface area contributed by atoms with Gasteiger partial charge in [0.05, 0.1) is 5.41 Å². The quantitative estimate of drug-likeness (QED) is 0.723. The molecule has 21 heavy (non-hydrogen) atoms. The maximum Gasteiger partial charge on any atom is 0.321 e. The molecule has 1 aromatic rings. The number of rotatable bonds is 6. The van der Waals surface area contributed by atoms with Crippen LogP contribution in [0.15, 0.2) is 24.4 Å². The number of carbonyl (C=O) groups excluding carboxylic acids is 2. The molecule has 0 aliphatic carbocycles. The first-order valence-electron chi connectivity index (χ1n) is 6.52. The molecule has 0 fully saturated rings. The molecule has 0 atom stereocenters. The van der Waals surface area contributed by atoms with Gasteiger partial charge in [-0.05, 0) is 26.0 Å². The summed E-state index contributed by atoms with van der Waals surface area (Å²) in [5, 5.41) is 13.5. The molecule has 0 bridgehead atoms. The summed E-state index contributed by atoms with van der Waals surface area (Å²) >= 11 is 0. The maximum absolute atomic E-state index is 11.6. The smallest absolute Gasteiger partial charge is 0.321 e. The molecule has 0 saturated carbocycles. The van der Waals surface area contributed by atoms with Gasteiger partial charge in [0, 0.05) is 31.3 Å². The third-order valence-corrected chi connectivity index (χ3v) is 2.83. The third-order valence-electron chi connectivity index (χ3n) is 2.83. The van der Waals surface area contributed by atoms with E-state index in [2.05, 4.69) is 15.6 Å². The number of imide groups is 1. The number of aromatic nitrogens is 1. The number of pyridine rings is 1. The Morgan fingerprint density at radius 2 is 2.00 bits per heavy atom. The van der Waals surface area contributed by atoms with E-state index in [9.17, 15) is 14.4 Å². The fourth-order valence-electron chi connectivity index (χ4n) is 1.54. The van der Waals surface area contributed by atoms with Gasteiger partial charge in [-0.1, -0.05) is 6.07 Å². The SMILES string of the molecule is CC(C)(CC(=O)NC(=O)NCCc1ccccn1)C(=O)O. The van der Waals surface area contributed by atoms with Gasteiger partial charge in [0.1, 0.15) is 0 Å². The molecule has 0 aliphatic rings. The first-order valence-corrected chi connectivity index (χ1v) is 6.52. The number of urea groups is 1. The third kappa shape index (κ3) is 6.03. The molecule has 1 heterocycles. The molecule has 0 saturated heterocycles. The van der Waals surface area contributed by atoms with Crippen molar-refractivity contribution in [2.24, 2.45) is 5.41 Å². The van der Waals surface area contributed by atoms with E-state index in [1.54, 1.807) is 12.3 Å². The molecule has 3 N–H and O–H groups in total. The van der Waals surface area contributed by atoms with Gasteiger partial charge < -0.3 is 10.4 Å². The van der Waals surface area contributed by atoms with Gasteiger partial charge in [0.2, 0.25) is 5.91 Å². The van der Waals surface area contributed by atoms with E-state index in [4.69, 9.17) is 5.11 Å². The predicted molar refractivity (Wildman–Crippen MR) is 75.5 cm³/mol. The molecular weight excluding hydrogens is 274 g/mol. The highest BCUT2D eigenvalue weighted by molar-refractivity contribution is 5.96. The molecule has 7 nitrogen and oxygen atoms in total. The van der Waals surface area contributed by atoms with E-state index >= 15 is 0 Å². The highest BCUT2D eigenvalue weighted by Crippen LogP contribution is 2.19. The van der Waals surface area contributed by atoms with E-state index in [0.29, 0.717) is 13.0 Å². The average Bonchev–Trinajstić information content (AvgIpc) is 2.38. The van der Waals surface area contributed by atoms with Gasteiger partial charge in [-0.15, -0.1) is 0 Å². The zero-order valence-corrected chi connectivity index (χ0v) is 12.0. The van der Waals surface area contributed by atoms with Crippen LogP contribution in [-0.2, 0) is 16.0 Å². The molecular formula is C14H19N3O4. The van der Waals surface area contributed by atoms with E-state index in [1.165, 1.54) is 13.8 Å². The largest absolute Gasteiger partial charge is 0.481 e. The van der Waals surface area contributed by atoms with Crippen molar-refractivity contribution in [2.45, 2.75) is 26.7 Å². The molecule has 114 valence electrons. The Bertz CT molecular complexity index is 514. The summed E-state index contributed by atoms with van der Waals surface area (Å²) in [4.78, 5) is 38.0. The van der Waals surface area contributed by atoms with Gasteiger partial charge in [-0.2, -0.15) is 0 Å². The van der Waals surface area contributed by atoms with Gasteiger partial charge in [0.15, 0.2) is 0 Å². The summed E-state index contributed by atoms with van der Waals surface area (Å²) in [6.07, 6.45) is 1.94. The topological polar surface area (TPSA) is 108 Å². The molecule has 0 unspecified atom stereocenters. The maximum atomic E-state index is 11.6. The highest BCUT2D eigenvalue weighted by atomic mass is 16.4. The number of nitrogens with zero attached hydrogens (tertiary/aromatic N) is 1. The standard InChI is InChI=1S/C14H19N3O4/c1-14(2,12(19)20)9-11(18)17-13(21)16-8-6-10-5-3-4-7-15-10/h3-5,7H,6,8-9H2,1-2H3,(H,19,20)(H2,16,17,18,21). The minimum atomic E-state index is -1.21. The van der Waals surface area contributed by atoms with Gasteiger partial charge in [0.25, 0.3) is 0 Å². The van der Waals surface area contributed by atoms with Crippen LogP contribution in [0.5, 0.6) is 0 Å². The number of carboxylic acids is 1. The normalized spacial score (nSPS) is 10.8. The second-order valence-corrected chi connectivity index (χ2v) is 5.24. The van der Waals surface area contributed by atoms with Gasteiger partial charge >= 0.3 is 12.0 Å². The van der Waals surface area contributed by atoms with E-state index in [-0.39, 0.29) is 6.42 Å². The van der Waals surface area contributed by atoms with Crippen LogP contribution < -0.4 is 10.6 Å². The van der Waals surface area contributed by atoms with Crippen molar-refractivity contribution in [1.29, 1.82) is 0 Å². The van der Waals surface area contributed by atoms with Crippen molar-refractivity contribution < 1.29 is 19.5 Å². The molecule has 7 heteroatoms. The molecule has 3 amide bonds. The number of amides is 3. The summed E-state index contributed by atoms with van der Waals surface area (Å²) in [6, 6.07) is 4.84. The Morgan fingerprint density at radius 3 is 2.57 bits per heavy atom. The minimum Gasteiger partial charge on any atom is -0.481 e. The Labute approximate surface area is 122 Å². The number of hydrogen-bond donors (Lipinski definition) is 3. The molecule has 0 spiro atoms. The number of carbonyl (C=O) groups is 3.